The summed E-state index contributed by atoms with van der Waals surface area (Å²) in [7, 11) is 1.57. The number of carbonyl (C=O) groups excluding carboxylic acids is 1. The molecule has 0 spiro atoms. The van der Waals surface area contributed by atoms with Crippen LogP contribution >= 0.6 is 0 Å². The summed E-state index contributed by atoms with van der Waals surface area (Å²) in [4.78, 5) is 25.0. The van der Waals surface area contributed by atoms with Gasteiger partial charge in [0.15, 0.2) is 0 Å². The molecule has 1 aromatic heterocycles. The zero-order valence-electron chi connectivity index (χ0n) is 14.1. The molecule has 0 aliphatic rings. The van der Waals surface area contributed by atoms with Crippen LogP contribution in [-0.2, 0) is 4.79 Å². The van der Waals surface area contributed by atoms with Crippen molar-refractivity contribution in [3.8, 4) is 5.69 Å². The van der Waals surface area contributed by atoms with Crippen LogP contribution in [0.3, 0.4) is 0 Å². The van der Waals surface area contributed by atoms with E-state index in [1.807, 2.05) is 0 Å². The molecule has 7 heteroatoms. The molecule has 0 fully saturated rings. The van der Waals surface area contributed by atoms with Gasteiger partial charge in [-0.25, -0.2) is 9.07 Å². The Kier molecular flexibility index (Phi) is 5.02. The second-order valence-corrected chi connectivity index (χ2v) is 5.86. The first kappa shape index (κ1) is 17.7. The van der Waals surface area contributed by atoms with E-state index in [9.17, 15) is 14.0 Å². The second-order valence-electron chi connectivity index (χ2n) is 5.86. The lowest BCUT2D eigenvalue weighted by Gasteiger charge is -2.19. The highest BCUT2D eigenvalue weighted by Crippen LogP contribution is 2.20. The van der Waals surface area contributed by atoms with Crippen LogP contribution in [0.5, 0.6) is 0 Å². The molecule has 0 aliphatic heterocycles. The van der Waals surface area contributed by atoms with Gasteiger partial charge in [0.1, 0.15) is 5.82 Å². The van der Waals surface area contributed by atoms with Crippen LogP contribution in [0.15, 0.2) is 24.3 Å². The lowest BCUT2D eigenvalue weighted by Crippen LogP contribution is -2.34. The van der Waals surface area contributed by atoms with Gasteiger partial charge in [-0.2, -0.15) is 5.10 Å². The number of rotatable bonds is 5. The Morgan fingerprint density at radius 2 is 1.88 bits per heavy atom. The van der Waals surface area contributed by atoms with E-state index in [0.29, 0.717) is 22.6 Å². The number of aromatic nitrogens is 2. The molecule has 1 amide bonds. The Labute approximate surface area is 139 Å². The first-order chi connectivity index (χ1) is 11.2. The zero-order valence-corrected chi connectivity index (χ0v) is 14.1. The first-order valence-electron chi connectivity index (χ1n) is 7.52. The Bertz CT molecular complexity index is 768. The molecule has 1 aromatic carbocycles. The largest absolute Gasteiger partial charge is 0.481 e. The fraction of sp³-hybridized carbons (Fsp3) is 0.353. The summed E-state index contributed by atoms with van der Waals surface area (Å²) in [6.45, 7) is 5.13. The molecule has 6 nitrogen and oxygen atoms in total. The van der Waals surface area contributed by atoms with Crippen LogP contribution in [0, 0.1) is 25.6 Å². The summed E-state index contributed by atoms with van der Waals surface area (Å²) in [5.41, 5.74) is 2.24. The number of hydrogen-bond acceptors (Lipinski definition) is 3. The van der Waals surface area contributed by atoms with Crippen molar-refractivity contribution >= 4 is 11.9 Å². The zero-order chi connectivity index (χ0) is 18.0. The van der Waals surface area contributed by atoms with Crippen LogP contribution in [0.2, 0.25) is 0 Å². The van der Waals surface area contributed by atoms with Gasteiger partial charge in [-0.3, -0.25) is 9.59 Å². The number of benzene rings is 1. The minimum Gasteiger partial charge on any atom is -0.481 e. The SMILES string of the molecule is Cc1nn(-c2ccc(F)cc2)c(C)c1C(=O)N(C)CC(C)C(=O)O. The number of aliphatic carboxylic acids is 1. The third-order valence-electron chi connectivity index (χ3n) is 3.89. The summed E-state index contributed by atoms with van der Waals surface area (Å²) in [6, 6.07) is 5.82. The summed E-state index contributed by atoms with van der Waals surface area (Å²) in [6.07, 6.45) is 0. The number of nitrogens with zero attached hydrogens (tertiary/aromatic N) is 3. The maximum absolute atomic E-state index is 13.1. The fourth-order valence-electron chi connectivity index (χ4n) is 2.55. The fourth-order valence-corrected chi connectivity index (χ4v) is 2.55. The maximum atomic E-state index is 13.1. The Morgan fingerprint density at radius 3 is 2.42 bits per heavy atom. The summed E-state index contributed by atoms with van der Waals surface area (Å²) < 4.78 is 14.6. The molecule has 2 rings (SSSR count). The molecule has 0 bridgehead atoms. The number of halogens is 1. The van der Waals surface area contributed by atoms with Crippen molar-refractivity contribution in [1.82, 2.24) is 14.7 Å². The molecule has 0 saturated heterocycles. The molecule has 2 aromatic rings. The molecule has 0 aliphatic carbocycles. The lowest BCUT2D eigenvalue weighted by atomic mass is 10.1. The van der Waals surface area contributed by atoms with Gasteiger partial charge < -0.3 is 10.0 Å². The van der Waals surface area contributed by atoms with Crippen LogP contribution < -0.4 is 0 Å². The Morgan fingerprint density at radius 1 is 1.29 bits per heavy atom. The summed E-state index contributed by atoms with van der Waals surface area (Å²) in [5.74, 6) is -2.25. The van der Waals surface area contributed by atoms with Gasteiger partial charge >= 0.3 is 5.97 Å². The average Bonchev–Trinajstić information content (AvgIpc) is 2.82. The molecule has 0 radical (unpaired) electrons. The molecular formula is C17H20FN3O3. The normalized spacial score (nSPS) is 12.0. The van der Waals surface area contributed by atoms with Gasteiger partial charge in [-0.1, -0.05) is 6.92 Å². The van der Waals surface area contributed by atoms with Gasteiger partial charge in [0.2, 0.25) is 0 Å². The number of aryl methyl sites for hydroxylation is 1. The van der Waals surface area contributed by atoms with E-state index in [1.54, 1.807) is 44.6 Å². The Balaban J connectivity index is 2.33. The van der Waals surface area contributed by atoms with Gasteiger partial charge in [0.05, 0.1) is 28.6 Å². The van der Waals surface area contributed by atoms with E-state index < -0.39 is 11.9 Å². The van der Waals surface area contributed by atoms with E-state index >= 15 is 0 Å². The third kappa shape index (κ3) is 3.45. The van der Waals surface area contributed by atoms with Crippen molar-refractivity contribution in [1.29, 1.82) is 0 Å². The molecule has 1 heterocycles. The van der Waals surface area contributed by atoms with Crippen LogP contribution in [-0.4, -0.2) is 45.3 Å². The highest BCUT2D eigenvalue weighted by molar-refractivity contribution is 5.96. The first-order valence-corrected chi connectivity index (χ1v) is 7.52. The molecule has 128 valence electrons. The monoisotopic (exact) mass is 333 g/mol. The van der Waals surface area contributed by atoms with Crippen LogP contribution in [0.4, 0.5) is 4.39 Å². The van der Waals surface area contributed by atoms with Crippen LogP contribution in [0.1, 0.15) is 28.7 Å². The number of carbonyl (C=O) groups is 2. The minimum absolute atomic E-state index is 0.106. The van der Waals surface area contributed by atoms with Gasteiger partial charge in [-0.15, -0.1) is 0 Å². The van der Waals surface area contributed by atoms with Crippen molar-refractivity contribution < 1.29 is 19.1 Å². The van der Waals surface area contributed by atoms with Crippen molar-refractivity contribution in [2.24, 2.45) is 5.92 Å². The quantitative estimate of drug-likeness (QED) is 0.912. The molecule has 0 saturated carbocycles. The summed E-state index contributed by atoms with van der Waals surface area (Å²) >= 11 is 0. The Hall–Kier alpha value is -2.70. The van der Waals surface area contributed by atoms with Gasteiger partial charge in [-0.05, 0) is 38.1 Å². The maximum Gasteiger partial charge on any atom is 0.308 e. The highest BCUT2D eigenvalue weighted by Gasteiger charge is 2.24. The minimum atomic E-state index is -0.954. The van der Waals surface area contributed by atoms with E-state index in [1.165, 1.54) is 17.0 Å². The predicted molar refractivity (Wildman–Crippen MR) is 86.8 cm³/mol. The topological polar surface area (TPSA) is 75.4 Å². The molecule has 1 N–H and O–H groups in total. The van der Waals surface area contributed by atoms with Crippen molar-refractivity contribution in [3.05, 3.63) is 47.0 Å². The van der Waals surface area contributed by atoms with Gasteiger partial charge in [0, 0.05) is 13.6 Å². The van der Waals surface area contributed by atoms with Crippen molar-refractivity contribution in [2.75, 3.05) is 13.6 Å². The third-order valence-corrected chi connectivity index (χ3v) is 3.89. The number of amides is 1. The molecule has 24 heavy (non-hydrogen) atoms. The summed E-state index contributed by atoms with van der Waals surface area (Å²) in [5, 5.41) is 13.3. The number of carboxylic acid groups (broad SMARTS) is 1. The van der Waals surface area contributed by atoms with Gasteiger partial charge in [0.25, 0.3) is 5.91 Å². The van der Waals surface area contributed by atoms with Crippen molar-refractivity contribution in [2.45, 2.75) is 20.8 Å². The number of hydrogen-bond donors (Lipinski definition) is 1. The number of carboxylic acids is 1. The van der Waals surface area contributed by atoms with Crippen molar-refractivity contribution in [3.63, 3.8) is 0 Å². The van der Waals surface area contributed by atoms with E-state index in [4.69, 9.17) is 5.11 Å². The van der Waals surface area contributed by atoms with E-state index in [0.717, 1.165) is 0 Å². The van der Waals surface area contributed by atoms with E-state index in [-0.39, 0.29) is 18.3 Å². The van der Waals surface area contributed by atoms with E-state index in [2.05, 4.69) is 5.10 Å². The second kappa shape index (κ2) is 6.82. The molecule has 1 unspecified atom stereocenters. The average molecular weight is 333 g/mol. The predicted octanol–water partition coefficient (Wildman–Crippen LogP) is 2.42. The van der Waals surface area contributed by atoms with Crippen LogP contribution in [0.25, 0.3) is 5.69 Å². The highest BCUT2D eigenvalue weighted by atomic mass is 19.1. The standard InChI is InChI=1S/C17H20FN3O3/c1-10(17(23)24)9-20(4)16(22)15-11(2)19-21(12(15)3)14-7-5-13(18)6-8-14/h5-8,10H,9H2,1-4H3,(H,23,24). The smallest absolute Gasteiger partial charge is 0.308 e. The lowest BCUT2D eigenvalue weighted by molar-refractivity contribution is -0.141. The molecular weight excluding hydrogens is 313 g/mol. The molecule has 1 atom stereocenters.